The minimum atomic E-state index is -0.209. The summed E-state index contributed by atoms with van der Waals surface area (Å²) in [5, 5.41) is 3.58. The lowest BCUT2D eigenvalue weighted by atomic mass is 10.1. The standard InChI is InChI=1S/C15H22N2OS/c1-10(2)6-9-17-13(12-5-4-11(3)19-12)16-15(7-8-15)14(17)18/h4-5,10,13,16H,6-9H2,1-3H3. The van der Waals surface area contributed by atoms with E-state index >= 15 is 0 Å². The van der Waals surface area contributed by atoms with Gasteiger partial charge in [0.1, 0.15) is 11.7 Å². The van der Waals surface area contributed by atoms with Crippen molar-refractivity contribution in [3.63, 3.8) is 0 Å². The number of rotatable bonds is 4. The van der Waals surface area contributed by atoms with Gasteiger partial charge in [-0.3, -0.25) is 10.1 Å². The Morgan fingerprint density at radius 1 is 1.47 bits per heavy atom. The molecule has 1 aromatic rings. The summed E-state index contributed by atoms with van der Waals surface area (Å²) in [5.41, 5.74) is -0.209. The van der Waals surface area contributed by atoms with Gasteiger partial charge in [-0.2, -0.15) is 0 Å². The predicted molar refractivity (Wildman–Crippen MR) is 78.1 cm³/mol. The average Bonchev–Trinajstić information content (AvgIpc) is 2.93. The highest BCUT2D eigenvalue weighted by molar-refractivity contribution is 7.12. The van der Waals surface area contributed by atoms with Crippen LogP contribution >= 0.6 is 11.3 Å². The summed E-state index contributed by atoms with van der Waals surface area (Å²) < 4.78 is 0. The van der Waals surface area contributed by atoms with Crippen molar-refractivity contribution in [3.05, 3.63) is 21.9 Å². The number of thiophene rings is 1. The van der Waals surface area contributed by atoms with E-state index in [4.69, 9.17) is 0 Å². The van der Waals surface area contributed by atoms with E-state index in [1.807, 2.05) is 0 Å². The summed E-state index contributed by atoms with van der Waals surface area (Å²) in [6.07, 6.45) is 3.19. The Labute approximate surface area is 119 Å². The molecule has 1 aliphatic heterocycles. The second-order valence-corrected chi connectivity index (χ2v) is 7.58. The maximum absolute atomic E-state index is 12.6. The zero-order valence-corrected chi connectivity index (χ0v) is 12.7. The first kappa shape index (κ1) is 13.1. The van der Waals surface area contributed by atoms with Crippen LogP contribution in [0.2, 0.25) is 0 Å². The smallest absolute Gasteiger partial charge is 0.244 e. The van der Waals surface area contributed by atoms with E-state index in [-0.39, 0.29) is 11.7 Å². The molecule has 3 rings (SSSR count). The SMILES string of the molecule is Cc1ccc(C2NC3(CC3)C(=O)N2CCC(C)C)s1. The maximum atomic E-state index is 12.6. The van der Waals surface area contributed by atoms with Gasteiger partial charge in [0.25, 0.3) is 0 Å². The quantitative estimate of drug-likeness (QED) is 0.918. The molecule has 0 aromatic carbocycles. The number of carbonyl (C=O) groups excluding carboxylic acids is 1. The third kappa shape index (κ3) is 2.32. The molecule has 0 bridgehead atoms. The summed E-state index contributed by atoms with van der Waals surface area (Å²) in [6.45, 7) is 7.42. The fourth-order valence-electron chi connectivity index (χ4n) is 2.73. The first-order valence-corrected chi connectivity index (χ1v) is 7.98. The molecule has 2 aliphatic rings. The van der Waals surface area contributed by atoms with Crippen molar-refractivity contribution >= 4 is 17.2 Å². The molecule has 19 heavy (non-hydrogen) atoms. The number of aryl methyl sites for hydroxylation is 1. The van der Waals surface area contributed by atoms with E-state index in [1.165, 1.54) is 9.75 Å². The van der Waals surface area contributed by atoms with Crippen molar-refractivity contribution in [2.24, 2.45) is 5.92 Å². The molecule has 2 heterocycles. The molecule has 2 fully saturated rings. The average molecular weight is 278 g/mol. The van der Waals surface area contributed by atoms with Gasteiger partial charge in [0.05, 0.1) is 0 Å². The van der Waals surface area contributed by atoms with Crippen LogP contribution in [0.4, 0.5) is 0 Å². The van der Waals surface area contributed by atoms with Gasteiger partial charge in [-0.1, -0.05) is 13.8 Å². The summed E-state index contributed by atoms with van der Waals surface area (Å²) in [6, 6.07) is 4.30. The molecule has 1 saturated heterocycles. The van der Waals surface area contributed by atoms with Gasteiger partial charge >= 0.3 is 0 Å². The molecule has 0 radical (unpaired) electrons. The van der Waals surface area contributed by atoms with Crippen LogP contribution in [0.15, 0.2) is 12.1 Å². The predicted octanol–water partition coefficient (Wildman–Crippen LogP) is 3.07. The van der Waals surface area contributed by atoms with Crippen LogP contribution in [0.3, 0.4) is 0 Å². The van der Waals surface area contributed by atoms with E-state index in [0.717, 1.165) is 25.8 Å². The van der Waals surface area contributed by atoms with Crippen molar-refractivity contribution in [2.75, 3.05) is 6.54 Å². The Kier molecular flexibility index (Phi) is 3.18. The third-order valence-corrected chi connectivity index (χ3v) is 5.18. The van der Waals surface area contributed by atoms with Crippen LogP contribution < -0.4 is 5.32 Å². The molecule has 4 heteroatoms. The van der Waals surface area contributed by atoms with Crippen LogP contribution in [0, 0.1) is 12.8 Å². The maximum Gasteiger partial charge on any atom is 0.244 e. The summed E-state index contributed by atoms with van der Waals surface area (Å²) in [7, 11) is 0. The van der Waals surface area contributed by atoms with Gasteiger partial charge in [-0.15, -0.1) is 11.3 Å². The Morgan fingerprint density at radius 3 is 2.74 bits per heavy atom. The molecular weight excluding hydrogens is 256 g/mol. The highest BCUT2D eigenvalue weighted by Gasteiger charge is 2.59. The zero-order chi connectivity index (χ0) is 13.6. The lowest BCUT2D eigenvalue weighted by Crippen LogP contribution is -2.33. The largest absolute Gasteiger partial charge is 0.320 e. The van der Waals surface area contributed by atoms with Crippen LogP contribution in [0.25, 0.3) is 0 Å². The second-order valence-electron chi connectivity index (χ2n) is 6.26. The van der Waals surface area contributed by atoms with Crippen molar-refractivity contribution in [3.8, 4) is 0 Å². The van der Waals surface area contributed by atoms with E-state index in [9.17, 15) is 4.79 Å². The third-order valence-electron chi connectivity index (χ3n) is 4.12. The van der Waals surface area contributed by atoms with Crippen molar-refractivity contribution in [2.45, 2.75) is 51.7 Å². The molecule has 1 aliphatic carbocycles. The first-order valence-electron chi connectivity index (χ1n) is 7.17. The topological polar surface area (TPSA) is 32.3 Å². The normalized spacial score (nSPS) is 24.7. The molecule has 104 valence electrons. The molecule has 1 aromatic heterocycles. The van der Waals surface area contributed by atoms with Crippen LogP contribution in [-0.2, 0) is 4.79 Å². The van der Waals surface area contributed by atoms with Gasteiger partial charge in [0.2, 0.25) is 5.91 Å². The van der Waals surface area contributed by atoms with E-state index in [1.54, 1.807) is 11.3 Å². The lowest BCUT2D eigenvalue weighted by molar-refractivity contribution is -0.131. The second kappa shape index (κ2) is 4.60. The van der Waals surface area contributed by atoms with Crippen molar-refractivity contribution in [1.29, 1.82) is 0 Å². The number of hydrogen-bond acceptors (Lipinski definition) is 3. The monoisotopic (exact) mass is 278 g/mol. The minimum absolute atomic E-state index is 0.104. The van der Waals surface area contributed by atoms with Crippen LogP contribution in [-0.4, -0.2) is 22.9 Å². The molecule has 1 unspecified atom stereocenters. The highest BCUT2D eigenvalue weighted by atomic mass is 32.1. The van der Waals surface area contributed by atoms with E-state index in [0.29, 0.717) is 11.8 Å². The molecule has 1 atom stereocenters. The molecule has 1 saturated carbocycles. The Balaban J connectivity index is 1.82. The van der Waals surface area contributed by atoms with Gasteiger partial charge in [0, 0.05) is 16.3 Å². The van der Waals surface area contributed by atoms with Gasteiger partial charge in [-0.25, -0.2) is 0 Å². The van der Waals surface area contributed by atoms with Crippen molar-refractivity contribution in [1.82, 2.24) is 10.2 Å². The summed E-state index contributed by atoms with van der Waals surface area (Å²) >= 11 is 1.80. The number of carbonyl (C=O) groups is 1. The molecule has 1 amide bonds. The molecule has 1 N–H and O–H groups in total. The molecular formula is C15H22N2OS. The Bertz CT molecular complexity index is 490. The number of nitrogens with zero attached hydrogens (tertiary/aromatic N) is 1. The summed E-state index contributed by atoms with van der Waals surface area (Å²) in [4.78, 5) is 17.2. The first-order chi connectivity index (χ1) is 9.02. The zero-order valence-electron chi connectivity index (χ0n) is 11.9. The van der Waals surface area contributed by atoms with Gasteiger partial charge < -0.3 is 4.90 Å². The van der Waals surface area contributed by atoms with Crippen LogP contribution in [0.1, 0.15) is 49.0 Å². The Hall–Kier alpha value is -0.870. The summed E-state index contributed by atoms with van der Waals surface area (Å²) in [5.74, 6) is 0.957. The highest BCUT2D eigenvalue weighted by Crippen LogP contribution is 2.46. The number of hydrogen-bond donors (Lipinski definition) is 1. The Morgan fingerprint density at radius 2 is 2.21 bits per heavy atom. The number of nitrogens with one attached hydrogen (secondary N) is 1. The minimum Gasteiger partial charge on any atom is -0.320 e. The van der Waals surface area contributed by atoms with E-state index in [2.05, 4.69) is 43.1 Å². The van der Waals surface area contributed by atoms with Crippen molar-refractivity contribution < 1.29 is 4.79 Å². The van der Waals surface area contributed by atoms with Gasteiger partial charge in [-0.05, 0) is 44.2 Å². The molecule has 1 spiro atoms. The fourth-order valence-corrected chi connectivity index (χ4v) is 3.67. The lowest BCUT2D eigenvalue weighted by Gasteiger charge is -2.24. The van der Waals surface area contributed by atoms with E-state index < -0.39 is 0 Å². The number of amides is 1. The van der Waals surface area contributed by atoms with Gasteiger partial charge in [0.15, 0.2) is 0 Å². The molecule has 3 nitrogen and oxygen atoms in total. The fraction of sp³-hybridized carbons (Fsp3) is 0.667. The van der Waals surface area contributed by atoms with Crippen LogP contribution in [0.5, 0.6) is 0 Å².